The van der Waals surface area contributed by atoms with Crippen molar-refractivity contribution < 1.29 is 0 Å². The van der Waals surface area contributed by atoms with Crippen LogP contribution in [-0.4, -0.2) is 15.7 Å². The third kappa shape index (κ3) is 2.12. The number of anilines is 1. The highest BCUT2D eigenvalue weighted by molar-refractivity contribution is 7.18. The highest BCUT2D eigenvalue weighted by Crippen LogP contribution is 2.52. The molecule has 4 saturated carbocycles. The monoisotopic (exact) mass is 326 g/mol. The molecular formula is C18H22N4S. The number of hydrogen-bond donors (Lipinski definition) is 1. The molecule has 2 aromatic rings. The van der Waals surface area contributed by atoms with Gasteiger partial charge in [0, 0.05) is 10.6 Å². The zero-order chi connectivity index (χ0) is 15.6. The smallest absolute Gasteiger partial charge is 0.158 e. The Kier molecular flexibility index (Phi) is 3.02. The molecule has 120 valence electrons. The van der Waals surface area contributed by atoms with E-state index in [0.717, 1.165) is 39.7 Å². The predicted molar refractivity (Wildman–Crippen MR) is 95.0 cm³/mol. The van der Waals surface area contributed by atoms with Gasteiger partial charge < -0.3 is 0 Å². The van der Waals surface area contributed by atoms with Crippen LogP contribution >= 0.6 is 11.3 Å². The third-order valence-electron chi connectivity index (χ3n) is 6.23. The van der Waals surface area contributed by atoms with Crippen LogP contribution in [-0.2, 0) is 0 Å². The molecule has 1 N–H and O–H groups in total. The Hall–Kier alpha value is -1.49. The molecule has 4 bridgehead atoms. The number of fused-ring (bicyclic) bond motifs is 1. The van der Waals surface area contributed by atoms with Crippen LogP contribution in [0.25, 0.3) is 10.2 Å². The largest absolute Gasteiger partial charge is 0.261 e. The Balaban J connectivity index is 1.49. The second-order valence-corrected chi connectivity index (χ2v) is 8.84. The van der Waals surface area contributed by atoms with Crippen molar-refractivity contribution >= 4 is 33.1 Å². The molecule has 5 heteroatoms. The van der Waals surface area contributed by atoms with Crippen molar-refractivity contribution in [1.82, 2.24) is 9.97 Å². The maximum atomic E-state index is 4.87. The Morgan fingerprint density at radius 3 is 2.43 bits per heavy atom. The van der Waals surface area contributed by atoms with E-state index >= 15 is 0 Å². The average Bonchev–Trinajstić information content (AvgIpc) is 2.81. The number of nitrogens with zero attached hydrogens (tertiary/aromatic N) is 3. The first-order chi connectivity index (χ1) is 11.2. The van der Waals surface area contributed by atoms with Gasteiger partial charge in [-0.05, 0) is 75.2 Å². The molecule has 0 unspecified atom stereocenters. The van der Waals surface area contributed by atoms with Crippen LogP contribution < -0.4 is 5.43 Å². The lowest BCUT2D eigenvalue weighted by Gasteiger charge is -2.50. The first kappa shape index (κ1) is 13.9. The van der Waals surface area contributed by atoms with Crippen molar-refractivity contribution in [2.45, 2.75) is 46.0 Å². The van der Waals surface area contributed by atoms with E-state index in [4.69, 9.17) is 5.10 Å². The molecule has 4 aliphatic rings. The Morgan fingerprint density at radius 2 is 1.74 bits per heavy atom. The highest BCUT2D eigenvalue weighted by atomic mass is 32.1. The Bertz CT molecular complexity index is 777. The van der Waals surface area contributed by atoms with Crippen molar-refractivity contribution in [3.8, 4) is 0 Å². The van der Waals surface area contributed by atoms with Crippen LogP contribution in [0.4, 0.5) is 5.82 Å². The lowest BCUT2D eigenvalue weighted by Crippen LogP contribution is -2.45. The molecule has 0 radical (unpaired) electrons. The molecule has 0 aliphatic heterocycles. The van der Waals surface area contributed by atoms with Gasteiger partial charge in [0.2, 0.25) is 0 Å². The van der Waals surface area contributed by atoms with E-state index in [0.29, 0.717) is 0 Å². The van der Waals surface area contributed by atoms with Crippen molar-refractivity contribution in [2.75, 3.05) is 5.43 Å². The minimum absolute atomic E-state index is 0.724. The van der Waals surface area contributed by atoms with Gasteiger partial charge in [-0.25, -0.2) is 9.97 Å². The van der Waals surface area contributed by atoms with Crippen LogP contribution in [0, 0.1) is 37.5 Å². The number of aromatic nitrogens is 2. The van der Waals surface area contributed by atoms with E-state index in [1.54, 1.807) is 17.7 Å². The number of nitrogens with one attached hydrogen (secondary N) is 1. The van der Waals surface area contributed by atoms with E-state index in [1.807, 2.05) is 0 Å². The minimum Gasteiger partial charge on any atom is -0.261 e. The molecule has 0 spiro atoms. The van der Waals surface area contributed by atoms with Gasteiger partial charge in [0.15, 0.2) is 5.82 Å². The fourth-order valence-electron chi connectivity index (χ4n) is 5.23. The van der Waals surface area contributed by atoms with Gasteiger partial charge in [-0.1, -0.05) is 0 Å². The van der Waals surface area contributed by atoms with Gasteiger partial charge in [-0.3, -0.25) is 5.43 Å². The van der Waals surface area contributed by atoms with E-state index in [1.165, 1.54) is 48.3 Å². The van der Waals surface area contributed by atoms with Gasteiger partial charge in [-0.15, -0.1) is 11.3 Å². The predicted octanol–water partition coefficient (Wildman–Crippen LogP) is 4.53. The summed E-state index contributed by atoms with van der Waals surface area (Å²) in [5, 5.41) is 6.02. The molecule has 0 aromatic carbocycles. The summed E-state index contributed by atoms with van der Waals surface area (Å²) in [4.78, 5) is 11.2. The summed E-state index contributed by atoms with van der Waals surface area (Å²) in [7, 11) is 0. The van der Waals surface area contributed by atoms with Crippen molar-refractivity contribution in [3.63, 3.8) is 0 Å². The van der Waals surface area contributed by atoms with Crippen LogP contribution in [0.1, 0.15) is 42.5 Å². The lowest BCUT2D eigenvalue weighted by atomic mass is 9.55. The minimum atomic E-state index is 0.724. The summed E-state index contributed by atoms with van der Waals surface area (Å²) in [6.45, 7) is 4.30. The van der Waals surface area contributed by atoms with E-state index < -0.39 is 0 Å². The lowest BCUT2D eigenvalue weighted by molar-refractivity contribution is 0.108. The van der Waals surface area contributed by atoms with Crippen molar-refractivity contribution in [2.24, 2.45) is 28.8 Å². The molecule has 4 nitrogen and oxygen atoms in total. The fourth-order valence-corrected chi connectivity index (χ4v) is 6.23. The molecule has 2 heterocycles. The van der Waals surface area contributed by atoms with Crippen LogP contribution in [0.3, 0.4) is 0 Å². The van der Waals surface area contributed by atoms with Crippen LogP contribution in [0.2, 0.25) is 0 Å². The summed E-state index contributed by atoms with van der Waals surface area (Å²) < 4.78 is 0. The molecule has 6 rings (SSSR count). The van der Waals surface area contributed by atoms with E-state index in [9.17, 15) is 0 Å². The molecule has 2 aromatic heterocycles. The first-order valence-electron chi connectivity index (χ1n) is 8.73. The van der Waals surface area contributed by atoms with E-state index in [-0.39, 0.29) is 0 Å². The molecule has 0 atom stereocenters. The normalized spacial score (nSPS) is 31.8. The van der Waals surface area contributed by atoms with E-state index in [2.05, 4.69) is 29.2 Å². The van der Waals surface area contributed by atoms with Crippen LogP contribution in [0.15, 0.2) is 11.4 Å². The standard InChI is InChI=1S/C18H22N4S/c1-9-10(2)23-18-15(9)17(19-8-20-18)22-21-16-13-4-11-3-12(6-13)7-14(16)5-11/h8,11-14H,3-7H2,1-2H3,(H,19,20,22). The Morgan fingerprint density at radius 1 is 1.04 bits per heavy atom. The SMILES string of the molecule is Cc1sc2ncnc(NN=C3C4CC5CC(C4)CC3C5)c2c1C. The number of hydrogen-bond acceptors (Lipinski definition) is 5. The maximum Gasteiger partial charge on any atom is 0.158 e. The molecular weight excluding hydrogens is 304 g/mol. The first-order valence-corrected chi connectivity index (χ1v) is 9.55. The van der Waals surface area contributed by atoms with Gasteiger partial charge >= 0.3 is 0 Å². The average molecular weight is 326 g/mol. The quantitative estimate of drug-likeness (QED) is 0.825. The van der Waals surface area contributed by atoms with Gasteiger partial charge in [0.1, 0.15) is 11.2 Å². The zero-order valence-corrected chi connectivity index (χ0v) is 14.5. The number of thiophene rings is 1. The summed E-state index contributed by atoms with van der Waals surface area (Å²) in [5.41, 5.74) is 6.01. The molecule has 4 fully saturated rings. The van der Waals surface area contributed by atoms with Crippen LogP contribution in [0.5, 0.6) is 0 Å². The van der Waals surface area contributed by atoms with Gasteiger partial charge in [-0.2, -0.15) is 5.10 Å². The van der Waals surface area contributed by atoms with Crippen molar-refractivity contribution in [3.05, 3.63) is 16.8 Å². The third-order valence-corrected chi connectivity index (χ3v) is 7.35. The molecule has 0 amide bonds. The highest BCUT2D eigenvalue weighted by Gasteiger charge is 2.46. The van der Waals surface area contributed by atoms with Gasteiger partial charge in [0.05, 0.1) is 5.39 Å². The number of aryl methyl sites for hydroxylation is 2. The molecule has 23 heavy (non-hydrogen) atoms. The summed E-state index contributed by atoms with van der Waals surface area (Å²) >= 11 is 1.74. The molecule has 4 aliphatic carbocycles. The van der Waals surface area contributed by atoms with Crippen molar-refractivity contribution in [1.29, 1.82) is 0 Å². The Labute approximate surface area is 140 Å². The fraction of sp³-hybridized carbons (Fsp3) is 0.611. The maximum absolute atomic E-state index is 4.87. The molecule has 0 saturated heterocycles. The second kappa shape index (κ2) is 5.00. The summed E-state index contributed by atoms with van der Waals surface area (Å²) in [6, 6.07) is 0. The topological polar surface area (TPSA) is 50.2 Å². The number of rotatable bonds is 2. The number of hydrazone groups is 1. The van der Waals surface area contributed by atoms with Gasteiger partial charge in [0.25, 0.3) is 0 Å². The summed E-state index contributed by atoms with van der Waals surface area (Å²) in [5.74, 6) is 4.27. The summed E-state index contributed by atoms with van der Waals surface area (Å²) in [6.07, 6.45) is 8.59. The second-order valence-electron chi connectivity index (χ2n) is 7.64. The zero-order valence-electron chi connectivity index (χ0n) is 13.7.